The molecule has 1 atom stereocenters. The summed E-state index contributed by atoms with van der Waals surface area (Å²) in [6, 6.07) is 6.03. The highest BCUT2D eigenvalue weighted by Crippen LogP contribution is 2.21. The molecule has 0 aliphatic carbocycles. The van der Waals surface area contributed by atoms with Crippen molar-refractivity contribution in [3.05, 3.63) is 35.6 Å². The van der Waals surface area contributed by atoms with E-state index in [-0.39, 0.29) is 17.5 Å². The zero-order valence-electron chi connectivity index (χ0n) is 13.3. The van der Waals surface area contributed by atoms with E-state index in [9.17, 15) is 14.0 Å². The second-order valence-electron chi connectivity index (χ2n) is 6.47. The predicted molar refractivity (Wildman–Crippen MR) is 85.8 cm³/mol. The maximum absolute atomic E-state index is 12.9. The Hall–Kier alpha value is -1.75. The number of halogens is 1. The lowest BCUT2D eigenvalue weighted by Gasteiger charge is -2.37. The first-order valence-corrected chi connectivity index (χ1v) is 8.44. The maximum atomic E-state index is 12.9. The highest BCUT2D eigenvalue weighted by atomic mass is 19.1. The van der Waals surface area contributed by atoms with Gasteiger partial charge in [-0.3, -0.25) is 9.59 Å². The molecule has 5 heteroatoms. The molecule has 0 spiro atoms. The van der Waals surface area contributed by atoms with E-state index in [4.69, 9.17) is 0 Å². The number of rotatable bonds is 5. The molecule has 2 fully saturated rings. The molecule has 1 aromatic rings. The fraction of sp³-hybridized carbons (Fsp3) is 0.556. The van der Waals surface area contributed by atoms with Gasteiger partial charge in [0.25, 0.3) is 0 Å². The minimum atomic E-state index is -0.323. The van der Waals surface area contributed by atoms with Crippen molar-refractivity contribution in [2.75, 3.05) is 26.2 Å². The number of hydrogen-bond donors (Lipinski definition) is 0. The molecule has 0 radical (unpaired) electrons. The fourth-order valence-electron chi connectivity index (χ4n) is 3.58. The van der Waals surface area contributed by atoms with Gasteiger partial charge in [0.05, 0.1) is 0 Å². The summed E-state index contributed by atoms with van der Waals surface area (Å²) in [6.07, 6.45) is 4.22. The van der Waals surface area contributed by atoms with E-state index in [1.54, 1.807) is 12.1 Å². The molecule has 0 bridgehead atoms. The van der Waals surface area contributed by atoms with Crippen LogP contribution in [0.25, 0.3) is 0 Å². The molecule has 0 aromatic heterocycles. The van der Waals surface area contributed by atoms with Crippen molar-refractivity contribution in [2.45, 2.75) is 38.1 Å². The van der Waals surface area contributed by atoms with Gasteiger partial charge in [-0.1, -0.05) is 0 Å². The first kappa shape index (κ1) is 16.1. The van der Waals surface area contributed by atoms with E-state index in [1.807, 2.05) is 4.90 Å². The predicted octanol–water partition coefficient (Wildman–Crippen LogP) is 2.49. The second kappa shape index (κ2) is 7.21. The summed E-state index contributed by atoms with van der Waals surface area (Å²) in [4.78, 5) is 28.4. The van der Waals surface area contributed by atoms with Crippen LogP contribution < -0.4 is 0 Å². The van der Waals surface area contributed by atoms with Gasteiger partial charge in [-0.25, -0.2) is 4.39 Å². The summed E-state index contributed by atoms with van der Waals surface area (Å²) in [7, 11) is 0. The first-order chi connectivity index (χ1) is 11.1. The molecule has 1 aromatic carbocycles. The van der Waals surface area contributed by atoms with Crippen molar-refractivity contribution in [1.82, 2.24) is 9.80 Å². The lowest BCUT2D eigenvalue weighted by Crippen LogP contribution is -2.48. The number of amides is 1. The Morgan fingerprint density at radius 1 is 1.17 bits per heavy atom. The van der Waals surface area contributed by atoms with E-state index < -0.39 is 0 Å². The highest BCUT2D eigenvalue weighted by molar-refractivity contribution is 5.96. The van der Waals surface area contributed by atoms with E-state index in [0.717, 1.165) is 38.9 Å². The molecule has 0 saturated carbocycles. The molecule has 124 valence electrons. The van der Waals surface area contributed by atoms with Crippen LogP contribution in [0.2, 0.25) is 0 Å². The van der Waals surface area contributed by atoms with E-state index in [2.05, 4.69) is 4.90 Å². The summed E-state index contributed by atoms with van der Waals surface area (Å²) >= 11 is 0. The van der Waals surface area contributed by atoms with Crippen LogP contribution in [-0.2, 0) is 4.79 Å². The molecule has 0 N–H and O–H groups in total. The number of benzene rings is 1. The standard InChI is InChI=1S/C18H23FN2O2/c19-15-7-5-14(6-8-15)17(22)9-12-20-10-1-3-16(13-20)21-11-2-4-18(21)23/h5-8,16H,1-4,9-13H2/t16-/m0/s1. The number of hydrogen-bond acceptors (Lipinski definition) is 3. The van der Waals surface area contributed by atoms with Gasteiger partial charge in [-0.2, -0.15) is 0 Å². The fourth-order valence-corrected chi connectivity index (χ4v) is 3.58. The van der Waals surface area contributed by atoms with Crippen LogP contribution in [0.3, 0.4) is 0 Å². The van der Waals surface area contributed by atoms with Crippen LogP contribution in [-0.4, -0.2) is 53.7 Å². The first-order valence-electron chi connectivity index (χ1n) is 8.44. The summed E-state index contributed by atoms with van der Waals surface area (Å²) in [5.41, 5.74) is 0.565. The van der Waals surface area contributed by atoms with Crippen LogP contribution in [0.4, 0.5) is 4.39 Å². The number of likely N-dealkylation sites (tertiary alicyclic amines) is 2. The Labute approximate surface area is 136 Å². The molecular weight excluding hydrogens is 295 g/mol. The van der Waals surface area contributed by atoms with Crippen LogP contribution >= 0.6 is 0 Å². The Balaban J connectivity index is 1.50. The third kappa shape index (κ3) is 3.96. The van der Waals surface area contributed by atoms with Gasteiger partial charge in [0, 0.05) is 44.1 Å². The van der Waals surface area contributed by atoms with Crippen molar-refractivity contribution in [3.63, 3.8) is 0 Å². The van der Waals surface area contributed by atoms with Gasteiger partial charge in [0.15, 0.2) is 5.78 Å². The normalized spacial score (nSPS) is 22.6. The van der Waals surface area contributed by atoms with Gasteiger partial charge in [0.1, 0.15) is 5.82 Å². The zero-order chi connectivity index (χ0) is 16.2. The molecule has 0 unspecified atom stereocenters. The van der Waals surface area contributed by atoms with Crippen molar-refractivity contribution < 1.29 is 14.0 Å². The van der Waals surface area contributed by atoms with Crippen LogP contribution in [0.5, 0.6) is 0 Å². The SMILES string of the molecule is O=C(CCN1CCC[C@H](N2CCCC2=O)C1)c1ccc(F)cc1. The number of carbonyl (C=O) groups excluding carboxylic acids is 2. The van der Waals surface area contributed by atoms with Crippen LogP contribution in [0.15, 0.2) is 24.3 Å². The topological polar surface area (TPSA) is 40.6 Å². The third-order valence-electron chi connectivity index (χ3n) is 4.85. The largest absolute Gasteiger partial charge is 0.338 e. The summed E-state index contributed by atoms with van der Waals surface area (Å²) in [5, 5.41) is 0. The molecule has 4 nitrogen and oxygen atoms in total. The molecule has 2 heterocycles. The molecule has 2 saturated heterocycles. The Bertz CT molecular complexity index is 573. The Kier molecular flexibility index (Phi) is 5.06. The lowest BCUT2D eigenvalue weighted by atomic mass is 10.0. The van der Waals surface area contributed by atoms with Crippen LogP contribution in [0, 0.1) is 5.82 Å². The summed E-state index contributed by atoms with van der Waals surface area (Å²) < 4.78 is 12.9. The maximum Gasteiger partial charge on any atom is 0.222 e. The average Bonchev–Trinajstić information content (AvgIpc) is 3.00. The molecule has 2 aliphatic heterocycles. The smallest absolute Gasteiger partial charge is 0.222 e. The zero-order valence-corrected chi connectivity index (χ0v) is 13.3. The highest BCUT2D eigenvalue weighted by Gasteiger charge is 2.31. The summed E-state index contributed by atoms with van der Waals surface area (Å²) in [5.74, 6) is -0.000636. The molecule has 3 rings (SSSR count). The average molecular weight is 318 g/mol. The molecule has 1 amide bonds. The van der Waals surface area contributed by atoms with Gasteiger partial charge >= 0.3 is 0 Å². The minimum Gasteiger partial charge on any atom is -0.338 e. The monoisotopic (exact) mass is 318 g/mol. The lowest BCUT2D eigenvalue weighted by molar-refractivity contribution is -0.130. The van der Waals surface area contributed by atoms with Gasteiger partial charge < -0.3 is 9.80 Å². The summed E-state index contributed by atoms with van der Waals surface area (Å²) in [6.45, 7) is 3.43. The van der Waals surface area contributed by atoms with Crippen molar-refractivity contribution >= 4 is 11.7 Å². The number of Topliss-reactive ketones (excluding diaryl/α,β-unsaturated/α-hetero) is 1. The number of nitrogens with zero attached hydrogens (tertiary/aromatic N) is 2. The minimum absolute atomic E-state index is 0.0457. The van der Waals surface area contributed by atoms with E-state index >= 15 is 0 Å². The second-order valence-corrected chi connectivity index (χ2v) is 6.47. The molecular formula is C18H23FN2O2. The Morgan fingerprint density at radius 2 is 1.96 bits per heavy atom. The number of piperidine rings is 1. The Morgan fingerprint density at radius 3 is 2.65 bits per heavy atom. The van der Waals surface area contributed by atoms with Gasteiger partial charge in [-0.15, -0.1) is 0 Å². The van der Waals surface area contributed by atoms with Gasteiger partial charge in [-0.05, 0) is 50.1 Å². The van der Waals surface area contributed by atoms with E-state index in [1.165, 1.54) is 12.1 Å². The molecule has 2 aliphatic rings. The van der Waals surface area contributed by atoms with Crippen molar-refractivity contribution in [2.24, 2.45) is 0 Å². The number of ketones is 1. The molecule has 23 heavy (non-hydrogen) atoms. The quantitative estimate of drug-likeness (QED) is 0.783. The van der Waals surface area contributed by atoms with E-state index in [0.29, 0.717) is 31.0 Å². The third-order valence-corrected chi connectivity index (χ3v) is 4.85. The van der Waals surface area contributed by atoms with Crippen molar-refractivity contribution in [3.8, 4) is 0 Å². The van der Waals surface area contributed by atoms with Gasteiger partial charge in [0.2, 0.25) is 5.91 Å². The van der Waals surface area contributed by atoms with Crippen LogP contribution in [0.1, 0.15) is 42.5 Å². The van der Waals surface area contributed by atoms with Crippen molar-refractivity contribution in [1.29, 1.82) is 0 Å². The number of carbonyl (C=O) groups is 2.